The first-order valence-electron chi connectivity index (χ1n) is 7.60. The summed E-state index contributed by atoms with van der Waals surface area (Å²) in [6.45, 7) is 1.67. The number of hydrogen-bond acceptors (Lipinski definition) is 5. The van der Waals surface area contributed by atoms with Crippen molar-refractivity contribution in [2.45, 2.75) is 19.1 Å². The van der Waals surface area contributed by atoms with Crippen molar-refractivity contribution in [1.82, 2.24) is 25.1 Å². The zero-order valence-electron chi connectivity index (χ0n) is 13.4. The highest BCUT2D eigenvalue weighted by Crippen LogP contribution is 2.17. The minimum atomic E-state index is -0.957. The molecule has 0 saturated heterocycles. The number of halogens is 1. The Labute approximate surface area is 143 Å². The molecule has 7 nitrogen and oxygen atoms in total. The lowest BCUT2D eigenvalue weighted by Gasteiger charge is -2.20. The van der Waals surface area contributed by atoms with Crippen LogP contribution < -0.4 is 5.32 Å². The van der Waals surface area contributed by atoms with Gasteiger partial charge in [0, 0.05) is 11.8 Å². The second kappa shape index (κ2) is 7.18. The van der Waals surface area contributed by atoms with E-state index in [4.69, 9.17) is 0 Å². The number of hydrogen-bond donors (Lipinski definition) is 2. The first-order chi connectivity index (χ1) is 12.0. The van der Waals surface area contributed by atoms with Crippen LogP contribution in [0.5, 0.6) is 0 Å². The molecule has 0 saturated carbocycles. The number of carbonyl (C=O) groups excluding carboxylic acids is 1. The summed E-state index contributed by atoms with van der Waals surface area (Å²) in [7, 11) is 0. The van der Waals surface area contributed by atoms with E-state index in [1.165, 1.54) is 47.8 Å². The summed E-state index contributed by atoms with van der Waals surface area (Å²) in [6, 6.07) is 8.06. The maximum atomic E-state index is 13.0. The van der Waals surface area contributed by atoms with Crippen LogP contribution in [0.25, 0.3) is 5.82 Å². The van der Waals surface area contributed by atoms with E-state index in [1.54, 1.807) is 19.1 Å². The van der Waals surface area contributed by atoms with Crippen LogP contribution in [0.1, 0.15) is 28.9 Å². The predicted octanol–water partition coefficient (Wildman–Crippen LogP) is 1.65. The molecule has 0 aliphatic heterocycles. The van der Waals surface area contributed by atoms with Gasteiger partial charge < -0.3 is 10.4 Å². The third-order valence-corrected chi connectivity index (χ3v) is 3.71. The predicted molar refractivity (Wildman–Crippen MR) is 87.4 cm³/mol. The molecule has 0 aliphatic rings. The lowest BCUT2D eigenvalue weighted by atomic mass is 10.0. The van der Waals surface area contributed by atoms with Crippen molar-refractivity contribution in [1.29, 1.82) is 0 Å². The van der Waals surface area contributed by atoms with E-state index in [-0.39, 0.29) is 11.7 Å². The van der Waals surface area contributed by atoms with Gasteiger partial charge in [0.1, 0.15) is 18.5 Å². The Hall–Kier alpha value is -3.13. The molecule has 0 fully saturated rings. The van der Waals surface area contributed by atoms with Gasteiger partial charge in [-0.05, 0) is 36.8 Å². The smallest absolute Gasteiger partial charge is 0.251 e. The normalized spacial score (nSPS) is 13.2. The van der Waals surface area contributed by atoms with Crippen molar-refractivity contribution in [3.8, 4) is 5.82 Å². The fraction of sp³-hybridized carbons (Fsp3) is 0.176. The molecule has 8 heteroatoms. The molecule has 0 spiro atoms. The van der Waals surface area contributed by atoms with Crippen LogP contribution in [0, 0.1) is 5.82 Å². The number of aliphatic hydroxyl groups is 1. The molecule has 2 heterocycles. The van der Waals surface area contributed by atoms with Gasteiger partial charge in [-0.15, -0.1) is 0 Å². The molecular weight excluding hydrogens is 325 g/mol. The van der Waals surface area contributed by atoms with Gasteiger partial charge in [0.15, 0.2) is 5.82 Å². The van der Waals surface area contributed by atoms with Crippen molar-refractivity contribution in [2.24, 2.45) is 0 Å². The fourth-order valence-electron chi connectivity index (χ4n) is 2.33. The van der Waals surface area contributed by atoms with Gasteiger partial charge in [-0.25, -0.2) is 19.0 Å². The van der Waals surface area contributed by atoms with Crippen molar-refractivity contribution in [3.05, 3.63) is 72.2 Å². The molecular formula is C17H16FN5O2. The number of amides is 1. The molecule has 2 aromatic heterocycles. The van der Waals surface area contributed by atoms with E-state index in [0.29, 0.717) is 16.9 Å². The second-order valence-electron chi connectivity index (χ2n) is 5.50. The van der Waals surface area contributed by atoms with Gasteiger partial charge in [0.25, 0.3) is 5.91 Å². The molecule has 0 bridgehead atoms. The molecule has 2 atom stereocenters. The van der Waals surface area contributed by atoms with Crippen LogP contribution in [0.2, 0.25) is 0 Å². The average molecular weight is 341 g/mol. The van der Waals surface area contributed by atoms with Crippen molar-refractivity contribution in [2.75, 3.05) is 0 Å². The zero-order chi connectivity index (χ0) is 17.8. The molecule has 2 N–H and O–H groups in total. The summed E-state index contributed by atoms with van der Waals surface area (Å²) >= 11 is 0. The molecule has 1 aromatic carbocycles. The Kier molecular flexibility index (Phi) is 4.80. The highest BCUT2D eigenvalue weighted by Gasteiger charge is 2.19. The third-order valence-electron chi connectivity index (χ3n) is 3.71. The van der Waals surface area contributed by atoms with Gasteiger partial charge >= 0.3 is 0 Å². The SMILES string of the molecule is CC(NC(=O)c1ccnc(-n2cncn2)c1)C(O)c1ccc(F)cc1. The molecule has 25 heavy (non-hydrogen) atoms. The maximum Gasteiger partial charge on any atom is 0.251 e. The van der Waals surface area contributed by atoms with Crippen LogP contribution in [0.4, 0.5) is 4.39 Å². The van der Waals surface area contributed by atoms with Gasteiger partial charge in [0.05, 0.1) is 12.1 Å². The molecule has 128 valence electrons. The summed E-state index contributed by atoms with van der Waals surface area (Å²) in [5.41, 5.74) is 0.894. The largest absolute Gasteiger partial charge is 0.386 e. The van der Waals surface area contributed by atoms with Crippen molar-refractivity contribution in [3.63, 3.8) is 0 Å². The quantitative estimate of drug-likeness (QED) is 0.736. The van der Waals surface area contributed by atoms with E-state index in [1.807, 2.05) is 0 Å². The average Bonchev–Trinajstić information content (AvgIpc) is 3.16. The number of aromatic nitrogens is 4. The fourth-order valence-corrected chi connectivity index (χ4v) is 2.33. The number of pyridine rings is 1. The summed E-state index contributed by atoms with van der Waals surface area (Å²) in [6.07, 6.45) is 3.38. The Balaban J connectivity index is 1.71. The number of nitrogens with one attached hydrogen (secondary N) is 1. The molecule has 3 rings (SSSR count). The minimum Gasteiger partial charge on any atom is -0.386 e. The second-order valence-corrected chi connectivity index (χ2v) is 5.50. The number of aliphatic hydroxyl groups excluding tert-OH is 1. The molecule has 3 aromatic rings. The van der Waals surface area contributed by atoms with Gasteiger partial charge in [-0.1, -0.05) is 12.1 Å². The van der Waals surface area contributed by atoms with Gasteiger partial charge in [-0.2, -0.15) is 5.10 Å². The summed E-state index contributed by atoms with van der Waals surface area (Å²) in [5, 5.41) is 17.0. The topological polar surface area (TPSA) is 92.9 Å². The first kappa shape index (κ1) is 16.7. The highest BCUT2D eigenvalue weighted by atomic mass is 19.1. The van der Waals surface area contributed by atoms with Gasteiger partial charge in [0.2, 0.25) is 0 Å². The summed E-state index contributed by atoms with van der Waals surface area (Å²) in [5.74, 6) is -0.292. The first-order valence-corrected chi connectivity index (χ1v) is 7.60. The number of benzene rings is 1. The van der Waals surface area contributed by atoms with Crippen LogP contribution in [0.3, 0.4) is 0 Å². The Morgan fingerprint density at radius 2 is 2.04 bits per heavy atom. The van der Waals surface area contributed by atoms with Crippen LogP contribution in [0.15, 0.2) is 55.2 Å². The number of rotatable bonds is 5. The van der Waals surface area contributed by atoms with Crippen LogP contribution in [-0.4, -0.2) is 36.8 Å². The van der Waals surface area contributed by atoms with E-state index in [2.05, 4.69) is 20.4 Å². The summed E-state index contributed by atoms with van der Waals surface area (Å²) in [4.78, 5) is 20.4. The monoisotopic (exact) mass is 341 g/mol. The number of carbonyl (C=O) groups is 1. The van der Waals surface area contributed by atoms with Crippen molar-refractivity contribution < 1.29 is 14.3 Å². The Morgan fingerprint density at radius 1 is 1.28 bits per heavy atom. The highest BCUT2D eigenvalue weighted by molar-refractivity contribution is 5.94. The zero-order valence-corrected chi connectivity index (χ0v) is 13.4. The van der Waals surface area contributed by atoms with E-state index in [9.17, 15) is 14.3 Å². The van der Waals surface area contributed by atoms with Crippen molar-refractivity contribution >= 4 is 5.91 Å². The molecule has 0 radical (unpaired) electrons. The Morgan fingerprint density at radius 3 is 2.72 bits per heavy atom. The van der Waals surface area contributed by atoms with Crippen LogP contribution >= 0.6 is 0 Å². The molecule has 2 unspecified atom stereocenters. The van der Waals surface area contributed by atoms with E-state index < -0.39 is 12.1 Å². The lowest BCUT2D eigenvalue weighted by Crippen LogP contribution is -2.37. The maximum absolute atomic E-state index is 13.0. The molecule has 0 aliphatic carbocycles. The standard InChI is InChI=1S/C17H16FN5O2/c1-11(16(24)12-2-4-14(18)5-3-12)22-17(25)13-6-7-20-15(8-13)23-10-19-9-21-23/h2-11,16,24H,1H3,(H,22,25). The lowest BCUT2D eigenvalue weighted by molar-refractivity contribution is 0.0852. The van der Waals surface area contributed by atoms with Gasteiger partial charge in [-0.3, -0.25) is 4.79 Å². The number of nitrogens with zero attached hydrogens (tertiary/aromatic N) is 4. The van der Waals surface area contributed by atoms with Crippen LogP contribution in [-0.2, 0) is 0 Å². The Bertz CT molecular complexity index is 852. The molecule has 1 amide bonds. The minimum absolute atomic E-state index is 0.363. The van der Waals surface area contributed by atoms with E-state index in [0.717, 1.165) is 0 Å². The third kappa shape index (κ3) is 3.86. The summed E-state index contributed by atoms with van der Waals surface area (Å²) < 4.78 is 14.4. The van der Waals surface area contributed by atoms with E-state index >= 15 is 0 Å².